The van der Waals surface area contributed by atoms with Gasteiger partial charge in [0.2, 0.25) is 5.91 Å². The Morgan fingerprint density at radius 3 is 2.45 bits per heavy atom. The summed E-state index contributed by atoms with van der Waals surface area (Å²) < 4.78 is 0. The van der Waals surface area contributed by atoms with Crippen molar-refractivity contribution in [3.63, 3.8) is 0 Å². The van der Waals surface area contributed by atoms with Gasteiger partial charge in [0.25, 0.3) is 0 Å². The van der Waals surface area contributed by atoms with E-state index in [1.165, 1.54) is 0 Å². The van der Waals surface area contributed by atoms with Crippen LogP contribution >= 0.6 is 0 Å². The van der Waals surface area contributed by atoms with Crippen molar-refractivity contribution >= 4 is 28.5 Å². The largest absolute Gasteiger partial charge is 0.550 e. The van der Waals surface area contributed by atoms with E-state index in [1.807, 2.05) is 60.7 Å². The van der Waals surface area contributed by atoms with Gasteiger partial charge >= 0.3 is 0 Å². The van der Waals surface area contributed by atoms with Crippen molar-refractivity contribution in [2.75, 3.05) is 5.32 Å². The summed E-state index contributed by atoms with van der Waals surface area (Å²) in [6.07, 6.45) is 6.29. The third-order valence-corrected chi connectivity index (χ3v) is 6.15. The van der Waals surface area contributed by atoms with Gasteiger partial charge in [0.15, 0.2) is 0 Å². The van der Waals surface area contributed by atoms with Crippen LogP contribution in [0.2, 0.25) is 0 Å². The van der Waals surface area contributed by atoms with E-state index >= 15 is 0 Å². The summed E-state index contributed by atoms with van der Waals surface area (Å²) in [5.41, 5.74) is 3.38. The van der Waals surface area contributed by atoms with Crippen molar-refractivity contribution in [1.29, 1.82) is 0 Å². The third kappa shape index (κ3) is 2.90. The normalized spacial score (nSPS) is 24.7. The molecule has 0 spiro atoms. The van der Waals surface area contributed by atoms with Crippen LogP contribution in [-0.2, 0) is 9.59 Å². The Kier molecular flexibility index (Phi) is 4.16. The number of carboxylic acids is 1. The first-order valence-electron chi connectivity index (χ1n) is 9.76. The summed E-state index contributed by atoms with van der Waals surface area (Å²) in [6, 6.07) is 17.6. The minimum absolute atomic E-state index is 0.0503. The molecule has 1 amide bonds. The Balaban J connectivity index is 1.51. The van der Waals surface area contributed by atoms with Crippen LogP contribution in [0.3, 0.4) is 0 Å². The molecule has 1 aromatic heterocycles. The van der Waals surface area contributed by atoms with Gasteiger partial charge in [0, 0.05) is 23.5 Å². The SMILES string of the molecule is O=C(Nc1cccc2c(-c3ccccc3)ccnc12)[C@@H]1[C@@H](C(=O)[O-])[C@H]2C=C[C@@H]1C2. The first kappa shape index (κ1) is 17.6. The van der Waals surface area contributed by atoms with Crippen molar-refractivity contribution in [2.24, 2.45) is 23.7 Å². The topological polar surface area (TPSA) is 82.1 Å². The quantitative estimate of drug-likeness (QED) is 0.702. The molecule has 0 radical (unpaired) electrons. The van der Waals surface area contributed by atoms with E-state index in [2.05, 4.69) is 10.3 Å². The zero-order valence-corrected chi connectivity index (χ0v) is 15.6. The summed E-state index contributed by atoms with van der Waals surface area (Å²) in [4.78, 5) is 29.2. The number of benzene rings is 2. The average Bonchev–Trinajstić information content (AvgIpc) is 3.36. The molecule has 1 heterocycles. The number of carboxylic acid groups (broad SMARTS) is 1. The lowest BCUT2D eigenvalue weighted by atomic mass is 9.82. The van der Waals surface area contributed by atoms with E-state index in [1.54, 1.807) is 12.3 Å². The lowest BCUT2D eigenvalue weighted by molar-refractivity contribution is -0.313. The number of nitrogens with zero attached hydrogens (tertiary/aromatic N) is 1. The fourth-order valence-electron chi connectivity index (χ4n) is 4.86. The number of rotatable bonds is 4. The van der Waals surface area contributed by atoms with E-state index < -0.39 is 17.8 Å². The maximum Gasteiger partial charge on any atom is 0.228 e. The number of aromatic nitrogens is 1. The van der Waals surface area contributed by atoms with Gasteiger partial charge in [-0.25, -0.2) is 0 Å². The van der Waals surface area contributed by atoms with Crippen LogP contribution in [0.1, 0.15) is 6.42 Å². The van der Waals surface area contributed by atoms with Gasteiger partial charge in [-0.2, -0.15) is 0 Å². The van der Waals surface area contributed by atoms with E-state index in [-0.39, 0.29) is 17.7 Å². The van der Waals surface area contributed by atoms with Crippen LogP contribution in [0.15, 0.2) is 72.9 Å². The highest BCUT2D eigenvalue weighted by Crippen LogP contribution is 2.48. The van der Waals surface area contributed by atoms with Crippen molar-refractivity contribution in [3.8, 4) is 11.1 Å². The smallest absolute Gasteiger partial charge is 0.228 e. The van der Waals surface area contributed by atoms with Crippen molar-refractivity contribution in [2.45, 2.75) is 6.42 Å². The van der Waals surface area contributed by atoms with Crippen molar-refractivity contribution < 1.29 is 14.7 Å². The minimum Gasteiger partial charge on any atom is -0.550 e. The number of nitrogens with one attached hydrogen (secondary N) is 1. The van der Waals surface area contributed by atoms with Gasteiger partial charge in [0.05, 0.1) is 17.1 Å². The zero-order valence-electron chi connectivity index (χ0n) is 15.6. The monoisotopic (exact) mass is 383 g/mol. The average molecular weight is 383 g/mol. The summed E-state index contributed by atoms with van der Waals surface area (Å²) in [6.45, 7) is 0. The van der Waals surface area contributed by atoms with Gasteiger partial charge in [-0.3, -0.25) is 9.78 Å². The second-order valence-electron chi connectivity index (χ2n) is 7.73. The highest BCUT2D eigenvalue weighted by atomic mass is 16.4. The molecule has 5 nitrogen and oxygen atoms in total. The molecule has 0 unspecified atom stereocenters. The van der Waals surface area contributed by atoms with Gasteiger partial charge in [0.1, 0.15) is 0 Å². The standard InChI is InChI=1S/C24H20N2O3/c27-23(20-15-9-10-16(13-15)21(20)24(28)29)26-19-8-4-7-18-17(11-12-25-22(18)19)14-5-2-1-3-6-14/h1-12,15-16,20-21H,13H2,(H,26,27)(H,28,29)/p-1/t15-,16+,20+,21+/m1/s1. The molecule has 4 atom stereocenters. The molecule has 0 aliphatic heterocycles. The summed E-state index contributed by atoms with van der Waals surface area (Å²) in [5, 5.41) is 15.5. The number of anilines is 1. The molecule has 0 saturated heterocycles. The Hall–Kier alpha value is -3.47. The number of allylic oxidation sites excluding steroid dienone is 2. The van der Waals surface area contributed by atoms with Gasteiger partial charge < -0.3 is 15.2 Å². The lowest BCUT2D eigenvalue weighted by Crippen LogP contribution is -2.42. The van der Waals surface area contributed by atoms with E-state index in [9.17, 15) is 14.7 Å². The zero-order chi connectivity index (χ0) is 20.0. The maximum absolute atomic E-state index is 13.1. The molecule has 2 bridgehead atoms. The number of fused-ring (bicyclic) bond motifs is 3. The van der Waals surface area contributed by atoms with E-state index in [4.69, 9.17) is 0 Å². The van der Waals surface area contributed by atoms with Crippen LogP contribution in [-0.4, -0.2) is 16.9 Å². The maximum atomic E-state index is 13.1. The van der Waals surface area contributed by atoms with E-state index in [0.29, 0.717) is 17.6 Å². The Bertz CT molecular complexity index is 1140. The summed E-state index contributed by atoms with van der Waals surface area (Å²) >= 11 is 0. The van der Waals surface area contributed by atoms with Crippen LogP contribution in [0.5, 0.6) is 0 Å². The molecule has 2 aliphatic rings. The third-order valence-electron chi connectivity index (χ3n) is 6.15. The summed E-state index contributed by atoms with van der Waals surface area (Å²) in [5.74, 6) is -2.97. The number of carbonyl (C=O) groups excluding carboxylic acids is 2. The van der Waals surface area contributed by atoms with Crippen LogP contribution in [0.4, 0.5) is 5.69 Å². The molecule has 1 saturated carbocycles. The number of hydrogen-bond acceptors (Lipinski definition) is 4. The molecule has 1 N–H and O–H groups in total. The van der Waals surface area contributed by atoms with Crippen LogP contribution in [0.25, 0.3) is 22.0 Å². The molecule has 1 fully saturated rings. The first-order valence-corrected chi connectivity index (χ1v) is 9.76. The number of pyridine rings is 1. The van der Waals surface area contributed by atoms with Crippen LogP contribution < -0.4 is 10.4 Å². The number of para-hydroxylation sites is 1. The number of amides is 1. The predicted molar refractivity (Wildman–Crippen MR) is 109 cm³/mol. The molecule has 144 valence electrons. The molecule has 3 aromatic rings. The van der Waals surface area contributed by atoms with E-state index in [0.717, 1.165) is 16.5 Å². The van der Waals surface area contributed by atoms with Gasteiger partial charge in [-0.05, 0) is 41.5 Å². The van der Waals surface area contributed by atoms with Gasteiger partial charge in [-0.1, -0.05) is 54.6 Å². The molecular weight excluding hydrogens is 364 g/mol. The molecule has 5 rings (SSSR count). The number of hydrogen-bond donors (Lipinski definition) is 1. The number of aliphatic carboxylic acids is 1. The fourth-order valence-corrected chi connectivity index (χ4v) is 4.86. The van der Waals surface area contributed by atoms with Gasteiger partial charge in [-0.15, -0.1) is 0 Å². The van der Waals surface area contributed by atoms with Crippen molar-refractivity contribution in [3.05, 3.63) is 72.9 Å². The minimum atomic E-state index is -1.15. The van der Waals surface area contributed by atoms with Crippen LogP contribution in [0, 0.1) is 23.7 Å². The Labute approximate surface area is 168 Å². The molecule has 2 aliphatic carbocycles. The number of carbonyl (C=O) groups is 2. The molecule has 29 heavy (non-hydrogen) atoms. The molecule has 5 heteroatoms. The second-order valence-corrected chi connectivity index (χ2v) is 7.73. The Morgan fingerprint density at radius 2 is 1.69 bits per heavy atom. The highest BCUT2D eigenvalue weighted by molar-refractivity contribution is 6.06. The first-order chi connectivity index (χ1) is 14.1. The highest BCUT2D eigenvalue weighted by Gasteiger charge is 2.48. The van der Waals surface area contributed by atoms with Crippen molar-refractivity contribution in [1.82, 2.24) is 4.98 Å². The molecular formula is C24H19N2O3-. The summed E-state index contributed by atoms with van der Waals surface area (Å²) in [7, 11) is 0. The fraction of sp³-hybridized carbons (Fsp3) is 0.208. The predicted octanol–water partition coefficient (Wildman–Crippen LogP) is 3.03. The molecule has 2 aromatic carbocycles. The second kappa shape index (κ2) is 6.85. The lowest BCUT2D eigenvalue weighted by Gasteiger charge is -2.28. The Morgan fingerprint density at radius 1 is 0.931 bits per heavy atom.